The zero-order valence-electron chi connectivity index (χ0n) is 56.0. The Balaban J connectivity index is 1.39. The molecule has 538 valence electrons. The van der Waals surface area contributed by atoms with Crippen molar-refractivity contribution in [3.63, 3.8) is 0 Å². The number of unbranched alkanes of at least 4 members (excludes halogenated alkanes) is 1. The summed E-state index contributed by atoms with van der Waals surface area (Å²) < 4.78 is 0. The predicted molar refractivity (Wildman–Crippen MR) is 362 cm³/mol. The second-order valence-corrected chi connectivity index (χ2v) is 25.6. The van der Waals surface area contributed by atoms with E-state index in [0.29, 0.717) is 52.2 Å². The number of hydrogen-bond acceptors (Lipinski definition) is 18. The number of rotatable bonds is 39. The molecule has 1 fully saturated rings. The number of H-pyrrole nitrogens is 2. The van der Waals surface area contributed by atoms with Crippen LogP contribution in [-0.2, 0) is 75.2 Å². The third kappa shape index (κ3) is 23.0. The topological polar surface area (TPSA) is 510 Å². The van der Waals surface area contributed by atoms with Gasteiger partial charge in [-0.3, -0.25) is 57.5 Å². The second-order valence-electron chi connectivity index (χ2n) is 25.2. The largest absolute Gasteiger partial charge is 0.481 e. The Bertz CT molecular complexity index is 3470. The fourth-order valence-corrected chi connectivity index (χ4v) is 11.5. The van der Waals surface area contributed by atoms with Crippen LogP contribution >= 0.6 is 12.6 Å². The number of amides is 11. The maximum absolute atomic E-state index is 15.0. The lowest BCUT2D eigenvalue weighted by Crippen LogP contribution is -2.62. The molecular weight excluding hydrogens is 1290 g/mol. The third-order valence-electron chi connectivity index (χ3n) is 16.6. The number of aromatic nitrogens is 2. The summed E-state index contributed by atoms with van der Waals surface area (Å²) >= 11 is 4.03. The number of carboxylic acid groups (broad SMARTS) is 2. The molecule has 32 nitrogen and oxygen atoms in total. The molecule has 1 aliphatic rings. The number of para-hydroxylation sites is 2. The number of aromatic amines is 2. The van der Waals surface area contributed by atoms with Crippen LogP contribution in [0.2, 0.25) is 0 Å². The Morgan fingerprint density at radius 1 is 0.551 bits per heavy atom. The number of carboxylic acids is 2. The number of carbonyl (C=O) groups is 13. The first-order valence-corrected chi connectivity index (χ1v) is 33.3. The number of hydrogen-bond donors (Lipinski definition) is 19. The summed E-state index contributed by atoms with van der Waals surface area (Å²) in [6.07, 6.45) is -0.289. The van der Waals surface area contributed by atoms with Gasteiger partial charge in [0, 0.05) is 65.8 Å². The average Bonchev–Trinajstić information content (AvgIpc) is 1.63. The first-order valence-electron chi connectivity index (χ1n) is 32.6. The molecule has 98 heavy (non-hydrogen) atoms. The zero-order valence-corrected chi connectivity index (χ0v) is 56.9. The van der Waals surface area contributed by atoms with E-state index in [1.807, 2.05) is 0 Å². The van der Waals surface area contributed by atoms with E-state index in [4.69, 9.17) is 11.5 Å². The standard InChI is InChI=1S/C65H95N15O17S/c1-32(2)25-45(58(89)76-48(31-98)65(96)97)74-60(91)49-20-14-24-80(49)64(95)47(27-38-30-69-42-18-11-9-16-40(38)42)75-61(92)52(33(3)4)78-57(88)44(21-22-51(84)85)72-63(94)54(36(7)82)79-59(90)46(26-37-29-68-41-17-10-8-15-39(37)41)73-55(86)34(5)70-56(87)43(19-12-13-23-66)71-62(93)53(35(6)81)77-50(83)28-67/h8-11,15-18,29-30,32-36,43-49,52-54,68-69,81-82,98H,12-14,19-28,31,66-67H2,1-7H3,(H,70,87)(H,71,93)(H,72,94)(H,73,86)(H,74,91)(H,75,92)(H,76,89)(H,77,83)(H,78,88)(H,79,90)(H,84,85)(H,96,97)/t34-,35+,36+,43-,44-,45-,46-,47-,48-,49-,52-,53-,54-/m0/s1. The molecule has 11 amide bonds. The van der Waals surface area contributed by atoms with Gasteiger partial charge in [-0.25, -0.2) is 4.79 Å². The van der Waals surface area contributed by atoms with Crippen LogP contribution in [0.4, 0.5) is 0 Å². The minimum Gasteiger partial charge on any atom is -0.481 e. The van der Waals surface area contributed by atoms with Crippen molar-refractivity contribution >= 4 is 111 Å². The van der Waals surface area contributed by atoms with Gasteiger partial charge in [0.1, 0.15) is 66.5 Å². The quantitative estimate of drug-likeness (QED) is 0.0165. The molecule has 33 heteroatoms. The van der Waals surface area contributed by atoms with E-state index >= 15 is 4.79 Å². The summed E-state index contributed by atoms with van der Waals surface area (Å²) in [5.74, 6) is -13.8. The molecule has 20 N–H and O–H groups in total. The molecule has 0 radical (unpaired) electrons. The van der Waals surface area contributed by atoms with Crippen molar-refractivity contribution in [2.75, 3.05) is 25.4 Å². The molecule has 13 atom stereocenters. The molecular formula is C65H95N15O17S. The van der Waals surface area contributed by atoms with E-state index in [-0.39, 0.29) is 56.9 Å². The number of nitrogens with one attached hydrogen (secondary N) is 12. The first-order chi connectivity index (χ1) is 46.4. The van der Waals surface area contributed by atoms with Crippen molar-refractivity contribution < 1.29 is 82.8 Å². The van der Waals surface area contributed by atoms with Gasteiger partial charge in [0.2, 0.25) is 65.0 Å². The zero-order chi connectivity index (χ0) is 72.7. The van der Waals surface area contributed by atoms with Crippen LogP contribution in [0.25, 0.3) is 21.8 Å². The molecule has 0 aliphatic carbocycles. The lowest BCUT2D eigenvalue weighted by Gasteiger charge is -2.32. The lowest BCUT2D eigenvalue weighted by molar-refractivity contribution is -0.143. The molecule has 4 aromatic rings. The Morgan fingerprint density at radius 3 is 1.55 bits per heavy atom. The number of benzene rings is 2. The van der Waals surface area contributed by atoms with Gasteiger partial charge in [0.25, 0.3) is 0 Å². The summed E-state index contributed by atoms with van der Waals surface area (Å²) in [6, 6.07) is -2.02. The fourth-order valence-electron chi connectivity index (χ4n) is 11.2. The molecule has 1 saturated heterocycles. The van der Waals surface area contributed by atoms with Crippen LogP contribution in [0.3, 0.4) is 0 Å². The van der Waals surface area contributed by atoms with Gasteiger partial charge in [0.05, 0.1) is 18.8 Å². The van der Waals surface area contributed by atoms with E-state index in [2.05, 4.69) is 75.8 Å². The van der Waals surface area contributed by atoms with Gasteiger partial charge in [-0.1, -0.05) is 64.1 Å². The normalized spacial score (nSPS) is 16.7. The van der Waals surface area contributed by atoms with Gasteiger partial charge >= 0.3 is 11.9 Å². The smallest absolute Gasteiger partial charge is 0.327 e. The van der Waals surface area contributed by atoms with Crippen molar-refractivity contribution in [1.29, 1.82) is 0 Å². The molecule has 0 spiro atoms. The Kier molecular flexibility index (Phi) is 30.9. The van der Waals surface area contributed by atoms with Gasteiger partial charge in [-0.05, 0) is 107 Å². The minimum atomic E-state index is -1.92. The molecule has 5 rings (SSSR count). The van der Waals surface area contributed by atoms with Crippen LogP contribution in [0, 0.1) is 11.8 Å². The minimum absolute atomic E-state index is 0.00587. The highest BCUT2D eigenvalue weighted by atomic mass is 32.1. The molecule has 2 aromatic carbocycles. The highest BCUT2D eigenvalue weighted by molar-refractivity contribution is 7.80. The van der Waals surface area contributed by atoms with Gasteiger partial charge < -0.3 is 99.9 Å². The Morgan fingerprint density at radius 2 is 1.03 bits per heavy atom. The number of nitrogens with zero attached hydrogens (tertiary/aromatic N) is 1. The molecule has 0 saturated carbocycles. The summed E-state index contributed by atoms with van der Waals surface area (Å²) in [4.78, 5) is 186. The summed E-state index contributed by atoms with van der Waals surface area (Å²) in [7, 11) is 0. The van der Waals surface area contributed by atoms with Crippen molar-refractivity contribution in [2.45, 2.75) is 191 Å². The number of carbonyl (C=O) groups excluding carboxylic acids is 11. The molecule has 3 heterocycles. The summed E-state index contributed by atoms with van der Waals surface area (Å²) in [6.45, 7) is 10.2. The predicted octanol–water partition coefficient (Wildman–Crippen LogP) is -2.28. The van der Waals surface area contributed by atoms with E-state index in [9.17, 15) is 78.0 Å². The van der Waals surface area contributed by atoms with Gasteiger partial charge in [-0.2, -0.15) is 12.6 Å². The van der Waals surface area contributed by atoms with E-state index in [0.717, 1.165) is 6.92 Å². The number of aliphatic carboxylic acids is 2. The van der Waals surface area contributed by atoms with Gasteiger partial charge in [-0.15, -0.1) is 0 Å². The highest BCUT2D eigenvalue weighted by Crippen LogP contribution is 2.25. The Hall–Kier alpha value is -9.18. The lowest BCUT2D eigenvalue weighted by atomic mass is 9.99. The number of nitrogens with two attached hydrogens (primary N) is 2. The number of aliphatic hydroxyl groups is 2. The number of aliphatic hydroxyl groups excluding tert-OH is 2. The maximum Gasteiger partial charge on any atom is 0.327 e. The van der Waals surface area contributed by atoms with E-state index in [1.54, 1.807) is 88.6 Å². The molecule has 1 aliphatic heterocycles. The number of thiol groups is 1. The van der Waals surface area contributed by atoms with Crippen LogP contribution in [-0.4, -0.2) is 216 Å². The summed E-state index contributed by atoms with van der Waals surface area (Å²) in [5.41, 5.74) is 13.5. The van der Waals surface area contributed by atoms with Crippen molar-refractivity contribution in [3.05, 3.63) is 72.1 Å². The Labute approximate surface area is 572 Å². The summed E-state index contributed by atoms with van der Waals surface area (Å²) in [5, 5.41) is 67.5. The highest BCUT2D eigenvalue weighted by Gasteiger charge is 2.42. The first kappa shape index (κ1) is 79.5. The fraction of sp³-hybridized carbons (Fsp3) is 0.554. The monoisotopic (exact) mass is 1390 g/mol. The molecule has 2 aromatic heterocycles. The maximum atomic E-state index is 15.0. The third-order valence-corrected chi connectivity index (χ3v) is 17.0. The van der Waals surface area contributed by atoms with Crippen LogP contribution in [0.1, 0.15) is 111 Å². The van der Waals surface area contributed by atoms with E-state index < -0.39 is 181 Å². The number of fused-ring (bicyclic) bond motifs is 2. The van der Waals surface area contributed by atoms with Crippen LogP contribution < -0.4 is 64.6 Å². The van der Waals surface area contributed by atoms with Crippen molar-refractivity contribution in [2.24, 2.45) is 23.3 Å². The molecule has 0 bridgehead atoms. The SMILES string of the molecule is CC(C)C[C@H](NC(=O)[C@@H]1CCCN1C(=O)[C@H](Cc1c[nH]c2ccccc12)NC(=O)[C@@H](NC(=O)[C@H](CCC(=O)O)NC(=O)[C@@H](NC(=O)[C@H](Cc1c[nH]c2ccccc12)NC(=O)[C@H](C)NC(=O)[C@H](CCCCN)NC(=O)[C@@H](NC(=O)CN)[C@@H](C)O)[C@@H](C)O)C(C)C)C(=O)N[C@@H](CS)C(=O)O. The van der Waals surface area contributed by atoms with Gasteiger partial charge in [0.15, 0.2) is 0 Å². The second kappa shape index (κ2) is 38.1. The van der Waals surface area contributed by atoms with E-state index in [1.165, 1.54) is 18.7 Å². The van der Waals surface area contributed by atoms with Crippen molar-refractivity contribution in [1.82, 2.24) is 68.0 Å². The van der Waals surface area contributed by atoms with Crippen LogP contribution in [0.5, 0.6) is 0 Å². The van der Waals surface area contributed by atoms with Crippen molar-refractivity contribution in [3.8, 4) is 0 Å². The number of likely N-dealkylation sites (tertiary alicyclic amines) is 1. The molecule has 0 unspecified atom stereocenters. The van der Waals surface area contributed by atoms with Crippen LogP contribution in [0.15, 0.2) is 60.9 Å². The average molecular weight is 1390 g/mol.